The third-order valence-corrected chi connectivity index (χ3v) is 3.26. The Morgan fingerprint density at radius 2 is 1.76 bits per heavy atom. The van der Waals surface area contributed by atoms with Crippen LogP contribution < -0.4 is 16.0 Å². The fourth-order valence-electron chi connectivity index (χ4n) is 1.94. The molecule has 5 nitrogen and oxygen atoms in total. The Balaban J connectivity index is 1.96. The highest BCUT2D eigenvalue weighted by atomic mass is 16.2. The normalized spacial score (nSPS) is 11.8. The zero-order chi connectivity index (χ0) is 15.2. The van der Waals surface area contributed by atoms with E-state index in [-0.39, 0.29) is 12.1 Å². The molecule has 0 saturated heterocycles. The molecule has 1 heterocycles. The number of benzene rings is 1. The van der Waals surface area contributed by atoms with Crippen LogP contribution in [0.4, 0.5) is 16.2 Å². The van der Waals surface area contributed by atoms with Crippen molar-refractivity contribution in [2.45, 2.75) is 19.9 Å². The van der Waals surface area contributed by atoms with Crippen LogP contribution in [0.3, 0.4) is 0 Å². The number of carbonyl (C=O) groups excluding carboxylic acids is 1. The second kappa shape index (κ2) is 6.85. The van der Waals surface area contributed by atoms with Crippen molar-refractivity contribution < 1.29 is 4.79 Å². The summed E-state index contributed by atoms with van der Waals surface area (Å²) in [7, 11) is 1.92. The molecule has 0 radical (unpaired) electrons. The number of amides is 2. The van der Waals surface area contributed by atoms with Crippen LogP contribution in [0, 0.1) is 6.92 Å². The lowest BCUT2D eigenvalue weighted by Gasteiger charge is -2.12. The van der Waals surface area contributed by atoms with Crippen LogP contribution in [0.15, 0.2) is 42.6 Å². The molecule has 2 aromatic rings. The second-order valence-corrected chi connectivity index (χ2v) is 4.90. The summed E-state index contributed by atoms with van der Waals surface area (Å²) in [6.45, 7) is 3.96. The molecule has 110 valence electrons. The van der Waals surface area contributed by atoms with Gasteiger partial charge in [0.15, 0.2) is 0 Å². The smallest absolute Gasteiger partial charge is 0.313 e. The monoisotopic (exact) mass is 284 g/mol. The SMILES string of the molecule is CNC(C)c1ccc(NC(=O)Nc2ccnc(C)c2)cc1. The van der Waals surface area contributed by atoms with Gasteiger partial charge in [-0.05, 0) is 50.7 Å². The van der Waals surface area contributed by atoms with Crippen molar-refractivity contribution in [1.82, 2.24) is 10.3 Å². The number of aromatic nitrogens is 1. The molecule has 2 amide bonds. The van der Waals surface area contributed by atoms with Gasteiger partial charge in [-0.25, -0.2) is 4.79 Å². The number of rotatable bonds is 4. The van der Waals surface area contributed by atoms with Gasteiger partial charge in [0.2, 0.25) is 0 Å². The molecule has 0 aliphatic carbocycles. The first-order chi connectivity index (χ1) is 10.1. The first kappa shape index (κ1) is 15.0. The van der Waals surface area contributed by atoms with Gasteiger partial charge in [-0.1, -0.05) is 12.1 Å². The molecule has 1 unspecified atom stereocenters. The fraction of sp³-hybridized carbons (Fsp3) is 0.250. The van der Waals surface area contributed by atoms with E-state index in [0.717, 1.165) is 17.1 Å². The maximum absolute atomic E-state index is 11.9. The molecule has 2 rings (SSSR count). The summed E-state index contributed by atoms with van der Waals surface area (Å²) in [6, 6.07) is 11.4. The van der Waals surface area contributed by atoms with Gasteiger partial charge in [-0.3, -0.25) is 4.98 Å². The van der Waals surface area contributed by atoms with Gasteiger partial charge in [0.05, 0.1) is 0 Å². The zero-order valence-electron chi connectivity index (χ0n) is 12.5. The average Bonchev–Trinajstić information content (AvgIpc) is 2.47. The van der Waals surface area contributed by atoms with E-state index in [2.05, 4.69) is 27.9 Å². The summed E-state index contributed by atoms with van der Waals surface area (Å²) >= 11 is 0. The summed E-state index contributed by atoms with van der Waals surface area (Å²) in [5, 5.41) is 8.75. The second-order valence-electron chi connectivity index (χ2n) is 4.90. The van der Waals surface area contributed by atoms with Crippen LogP contribution in [0.2, 0.25) is 0 Å². The van der Waals surface area contributed by atoms with Crippen molar-refractivity contribution in [3.05, 3.63) is 53.9 Å². The van der Waals surface area contributed by atoms with E-state index in [4.69, 9.17) is 0 Å². The molecule has 0 spiro atoms. The number of nitrogens with zero attached hydrogens (tertiary/aromatic N) is 1. The lowest BCUT2D eigenvalue weighted by molar-refractivity contribution is 0.262. The van der Waals surface area contributed by atoms with Crippen LogP contribution in [0.1, 0.15) is 24.2 Å². The lowest BCUT2D eigenvalue weighted by Crippen LogP contribution is -2.19. The van der Waals surface area contributed by atoms with E-state index < -0.39 is 0 Å². The van der Waals surface area contributed by atoms with E-state index in [1.165, 1.54) is 5.56 Å². The third kappa shape index (κ3) is 4.29. The number of nitrogens with one attached hydrogen (secondary N) is 3. The van der Waals surface area contributed by atoms with Crippen LogP contribution in [0.5, 0.6) is 0 Å². The van der Waals surface area contributed by atoms with Crippen molar-refractivity contribution >= 4 is 17.4 Å². The van der Waals surface area contributed by atoms with Crippen LogP contribution >= 0.6 is 0 Å². The van der Waals surface area contributed by atoms with Gasteiger partial charge in [0.25, 0.3) is 0 Å². The molecule has 5 heteroatoms. The Morgan fingerprint density at radius 1 is 1.10 bits per heavy atom. The minimum Gasteiger partial charge on any atom is -0.313 e. The Morgan fingerprint density at radius 3 is 2.38 bits per heavy atom. The summed E-state index contributed by atoms with van der Waals surface area (Å²) in [6.07, 6.45) is 1.67. The first-order valence-electron chi connectivity index (χ1n) is 6.86. The maximum Gasteiger partial charge on any atom is 0.323 e. The Kier molecular flexibility index (Phi) is 4.90. The largest absolute Gasteiger partial charge is 0.323 e. The van der Waals surface area contributed by atoms with Gasteiger partial charge < -0.3 is 16.0 Å². The van der Waals surface area contributed by atoms with Crippen LogP contribution in [-0.4, -0.2) is 18.1 Å². The summed E-state index contributed by atoms with van der Waals surface area (Å²) in [5.41, 5.74) is 3.51. The van der Waals surface area contributed by atoms with Crippen molar-refractivity contribution in [2.75, 3.05) is 17.7 Å². The quantitative estimate of drug-likeness (QED) is 0.807. The van der Waals surface area contributed by atoms with E-state index in [1.54, 1.807) is 12.3 Å². The number of carbonyl (C=O) groups is 1. The molecule has 0 aliphatic rings. The number of urea groups is 1. The van der Waals surface area contributed by atoms with Crippen LogP contribution in [-0.2, 0) is 0 Å². The molecule has 1 atom stereocenters. The molecule has 0 aliphatic heterocycles. The molecule has 0 bridgehead atoms. The lowest BCUT2D eigenvalue weighted by atomic mass is 10.1. The number of pyridine rings is 1. The van der Waals surface area contributed by atoms with Crippen molar-refractivity contribution in [1.29, 1.82) is 0 Å². The summed E-state index contributed by atoms with van der Waals surface area (Å²) in [5.74, 6) is 0. The van der Waals surface area contributed by atoms with Gasteiger partial charge in [0, 0.05) is 29.3 Å². The molecule has 21 heavy (non-hydrogen) atoms. The van der Waals surface area contributed by atoms with E-state index in [0.29, 0.717) is 0 Å². The number of anilines is 2. The average molecular weight is 284 g/mol. The minimum atomic E-state index is -0.269. The van der Waals surface area contributed by atoms with Crippen LogP contribution in [0.25, 0.3) is 0 Å². The molecule has 1 aromatic carbocycles. The van der Waals surface area contributed by atoms with Crippen molar-refractivity contribution in [3.8, 4) is 0 Å². The van der Waals surface area contributed by atoms with Crippen molar-refractivity contribution in [2.24, 2.45) is 0 Å². The molecular weight excluding hydrogens is 264 g/mol. The summed E-state index contributed by atoms with van der Waals surface area (Å²) < 4.78 is 0. The predicted octanol–water partition coefficient (Wildman–Crippen LogP) is 3.31. The van der Waals surface area contributed by atoms with Gasteiger partial charge in [0.1, 0.15) is 0 Å². The number of hydrogen-bond acceptors (Lipinski definition) is 3. The standard InChI is InChI=1S/C16H20N4O/c1-11-10-15(8-9-18-11)20-16(21)19-14-6-4-13(5-7-14)12(2)17-3/h4-10,12,17H,1-3H3,(H2,18,19,20,21). The minimum absolute atomic E-state index is 0.269. The van der Waals surface area contributed by atoms with Gasteiger partial charge in [-0.15, -0.1) is 0 Å². The highest BCUT2D eigenvalue weighted by Crippen LogP contribution is 2.16. The van der Waals surface area contributed by atoms with E-state index >= 15 is 0 Å². The Labute approximate surface area is 124 Å². The Hall–Kier alpha value is -2.40. The van der Waals surface area contributed by atoms with E-state index in [1.807, 2.05) is 44.3 Å². The third-order valence-electron chi connectivity index (χ3n) is 3.26. The molecule has 0 saturated carbocycles. The summed E-state index contributed by atoms with van der Waals surface area (Å²) in [4.78, 5) is 16.0. The van der Waals surface area contributed by atoms with Gasteiger partial charge in [-0.2, -0.15) is 0 Å². The van der Waals surface area contributed by atoms with Crippen molar-refractivity contribution in [3.63, 3.8) is 0 Å². The first-order valence-corrected chi connectivity index (χ1v) is 6.86. The number of aryl methyl sites for hydroxylation is 1. The molecule has 1 aromatic heterocycles. The Bertz CT molecular complexity index is 610. The maximum atomic E-state index is 11.9. The zero-order valence-corrected chi connectivity index (χ0v) is 12.5. The highest BCUT2D eigenvalue weighted by molar-refractivity contribution is 5.99. The number of hydrogen-bond donors (Lipinski definition) is 3. The van der Waals surface area contributed by atoms with Gasteiger partial charge >= 0.3 is 6.03 Å². The topological polar surface area (TPSA) is 66.0 Å². The molecular formula is C16H20N4O. The highest BCUT2D eigenvalue weighted by Gasteiger charge is 2.05. The molecule has 0 fully saturated rings. The van der Waals surface area contributed by atoms with E-state index in [9.17, 15) is 4.79 Å². The fourth-order valence-corrected chi connectivity index (χ4v) is 1.94. The predicted molar refractivity (Wildman–Crippen MR) is 85.5 cm³/mol. The molecule has 3 N–H and O–H groups in total.